The molecule has 1 unspecified atom stereocenters. The third-order valence-corrected chi connectivity index (χ3v) is 6.15. The van der Waals surface area contributed by atoms with Crippen molar-refractivity contribution in [2.45, 2.75) is 46.2 Å². The Kier molecular flexibility index (Phi) is 4.46. The zero-order valence-corrected chi connectivity index (χ0v) is 16.4. The lowest BCUT2D eigenvalue weighted by Gasteiger charge is -2.26. The van der Waals surface area contributed by atoms with E-state index in [1.165, 1.54) is 15.6 Å². The molecule has 1 aliphatic heterocycles. The molecular weight excluding hydrogens is 352 g/mol. The quantitative estimate of drug-likeness (QED) is 0.608. The average Bonchev–Trinajstić information content (AvgIpc) is 3.26. The molecule has 0 amide bonds. The molecule has 25 heavy (non-hydrogen) atoms. The van der Waals surface area contributed by atoms with E-state index in [4.69, 9.17) is 21.7 Å². The maximum atomic E-state index is 6.76. The van der Waals surface area contributed by atoms with Gasteiger partial charge in [-0.15, -0.1) is 11.3 Å². The Morgan fingerprint density at radius 2 is 2.20 bits per heavy atom. The summed E-state index contributed by atoms with van der Waals surface area (Å²) in [5.41, 5.74) is 2.22. The zero-order chi connectivity index (χ0) is 17.6. The van der Waals surface area contributed by atoms with E-state index < -0.39 is 0 Å². The largest absolute Gasteiger partial charge is 0.349 e. The second-order valence-corrected chi connectivity index (χ2v) is 8.49. The van der Waals surface area contributed by atoms with Gasteiger partial charge in [0.2, 0.25) is 0 Å². The number of hydrogen-bond acceptors (Lipinski definition) is 4. The van der Waals surface area contributed by atoms with Crippen LogP contribution < -0.4 is 4.90 Å². The second-order valence-electron chi connectivity index (χ2n) is 7.18. The van der Waals surface area contributed by atoms with Gasteiger partial charge in [-0.2, -0.15) is 5.10 Å². The van der Waals surface area contributed by atoms with Gasteiger partial charge in [-0.05, 0) is 43.2 Å². The van der Waals surface area contributed by atoms with Gasteiger partial charge in [0.25, 0.3) is 0 Å². The number of thiophene rings is 1. The fraction of sp³-hybridized carbons (Fsp3) is 0.474. The molecular formula is C19H23ClN4S. The van der Waals surface area contributed by atoms with E-state index in [1.807, 2.05) is 10.9 Å². The van der Waals surface area contributed by atoms with Gasteiger partial charge in [0.05, 0.1) is 11.7 Å². The third-order valence-electron chi connectivity index (χ3n) is 4.86. The number of anilines is 1. The molecule has 1 saturated heterocycles. The van der Waals surface area contributed by atoms with Gasteiger partial charge in [-0.25, -0.2) is 4.98 Å². The smallest absolute Gasteiger partial charge is 0.137 e. The SMILES string of the molecule is Cc1nn(CC(C)C)c(Cl)c1C1CCCN1c1nccc2sccc12. The lowest BCUT2D eigenvalue weighted by molar-refractivity contribution is 0.481. The molecule has 4 nitrogen and oxygen atoms in total. The van der Waals surface area contributed by atoms with Gasteiger partial charge in [-0.3, -0.25) is 4.68 Å². The second kappa shape index (κ2) is 6.61. The third kappa shape index (κ3) is 2.93. The number of halogens is 1. The maximum Gasteiger partial charge on any atom is 0.137 e. The molecule has 3 aromatic rings. The summed E-state index contributed by atoms with van der Waals surface area (Å²) in [4.78, 5) is 7.13. The van der Waals surface area contributed by atoms with Gasteiger partial charge in [0.1, 0.15) is 11.0 Å². The van der Waals surface area contributed by atoms with Gasteiger partial charge in [0.15, 0.2) is 0 Å². The first-order chi connectivity index (χ1) is 12.1. The van der Waals surface area contributed by atoms with Crippen LogP contribution in [0.2, 0.25) is 5.15 Å². The Morgan fingerprint density at radius 3 is 3.00 bits per heavy atom. The monoisotopic (exact) mass is 374 g/mol. The van der Waals surface area contributed by atoms with Crippen molar-refractivity contribution in [2.75, 3.05) is 11.4 Å². The van der Waals surface area contributed by atoms with E-state index in [2.05, 4.69) is 43.2 Å². The van der Waals surface area contributed by atoms with Crippen molar-refractivity contribution in [3.63, 3.8) is 0 Å². The molecule has 0 spiro atoms. The highest BCUT2D eigenvalue weighted by Crippen LogP contribution is 2.42. The summed E-state index contributed by atoms with van der Waals surface area (Å²) in [5, 5.41) is 8.88. The average molecular weight is 375 g/mol. The number of fused-ring (bicyclic) bond motifs is 1. The highest BCUT2D eigenvalue weighted by molar-refractivity contribution is 7.17. The fourth-order valence-electron chi connectivity index (χ4n) is 3.84. The topological polar surface area (TPSA) is 34.0 Å². The van der Waals surface area contributed by atoms with Crippen molar-refractivity contribution in [3.8, 4) is 0 Å². The standard InChI is InChI=1S/C19H23ClN4S/c1-12(2)11-24-18(20)17(13(3)22-24)15-5-4-9-23(15)19-14-7-10-25-16(14)6-8-21-19/h6-8,10,12,15H,4-5,9,11H2,1-3H3. The van der Waals surface area contributed by atoms with Crippen molar-refractivity contribution in [3.05, 3.63) is 40.1 Å². The van der Waals surface area contributed by atoms with Crippen LogP contribution in [0.25, 0.3) is 10.1 Å². The number of pyridine rings is 1. The van der Waals surface area contributed by atoms with Gasteiger partial charge in [-0.1, -0.05) is 25.4 Å². The summed E-state index contributed by atoms with van der Waals surface area (Å²) in [6, 6.07) is 4.52. The predicted octanol–water partition coefficient (Wildman–Crippen LogP) is 5.45. The minimum atomic E-state index is 0.256. The van der Waals surface area contributed by atoms with Crippen LogP contribution in [0, 0.1) is 12.8 Å². The van der Waals surface area contributed by atoms with Crippen LogP contribution in [0.4, 0.5) is 5.82 Å². The summed E-state index contributed by atoms with van der Waals surface area (Å²) in [5.74, 6) is 1.60. The van der Waals surface area contributed by atoms with Crippen LogP contribution in [0.5, 0.6) is 0 Å². The minimum absolute atomic E-state index is 0.256. The highest BCUT2D eigenvalue weighted by atomic mass is 35.5. The van der Waals surface area contributed by atoms with Crippen molar-refractivity contribution < 1.29 is 0 Å². The van der Waals surface area contributed by atoms with E-state index in [1.54, 1.807) is 11.3 Å². The van der Waals surface area contributed by atoms with Crippen LogP contribution in [0.3, 0.4) is 0 Å². The van der Waals surface area contributed by atoms with E-state index in [0.717, 1.165) is 42.6 Å². The maximum absolute atomic E-state index is 6.76. The van der Waals surface area contributed by atoms with Crippen molar-refractivity contribution >= 4 is 38.8 Å². The Balaban J connectivity index is 1.76. The van der Waals surface area contributed by atoms with Gasteiger partial charge in [0, 0.05) is 34.9 Å². The molecule has 0 aromatic carbocycles. The molecule has 3 aromatic heterocycles. The van der Waals surface area contributed by atoms with Crippen molar-refractivity contribution in [1.82, 2.24) is 14.8 Å². The molecule has 1 atom stereocenters. The Hall–Kier alpha value is -1.59. The first-order valence-electron chi connectivity index (χ1n) is 8.88. The molecule has 0 saturated carbocycles. The summed E-state index contributed by atoms with van der Waals surface area (Å²) in [6.07, 6.45) is 4.16. The Morgan fingerprint density at radius 1 is 1.36 bits per heavy atom. The van der Waals surface area contributed by atoms with Crippen LogP contribution in [-0.4, -0.2) is 21.3 Å². The van der Waals surface area contributed by atoms with Crippen LogP contribution in [0.1, 0.15) is 44.0 Å². The first-order valence-corrected chi connectivity index (χ1v) is 10.1. The van der Waals surface area contributed by atoms with Crippen LogP contribution >= 0.6 is 22.9 Å². The molecule has 0 N–H and O–H groups in total. The number of aromatic nitrogens is 3. The zero-order valence-electron chi connectivity index (χ0n) is 14.9. The molecule has 4 heterocycles. The lowest BCUT2D eigenvalue weighted by atomic mass is 10.1. The van der Waals surface area contributed by atoms with E-state index in [0.29, 0.717) is 5.92 Å². The number of hydrogen-bond donors (Lipinski definition) is 0. The number of rotatable bonds is 4. The summed E-state index contributed by atoms with van der Waals surface area (Å²) in [7, 11) is 0. The van der Waals surface area contributed by atoms with Gasteiger partial charge < -0.3 is 4.90 Å². The summed E-state index contributed by atoms with van der Waals surface area (Å²) in [6.45, 7) is 8.32. The molecule has 4 rings (SSSR count). The van der Waals surface area contributed by atoms with E-state index >= 15 is 0 Å². The first kappa shape index (κ1) is 16.9. The molecule has 0 bridgehead atoms. The Labute approximate surface area is 157 Å². The normalized spacial score (nSPS) is 18.0. The van der Waals surface area contributed by atoms with Crippen LogP contribution in [-0.2, 0) is 6.54 Å². The molecule has 0 radical (unpaired) electrons. The molecule has 1 aliphatic rings. The highest BCUT2D eigenvalue weighted by Gasteiger charge is 2.33. The molecule has 6 heteroatoms. The Bertz CT molecular complexity index is 898. The minimum Gasteiger partial charge on any atom is -0.349 e. The lowest BCUT2D eigenvalue weighted by Crippen LogP contribution is -2.24. The fourth-order valence-corrected chi connectivity index (χ4v) is 4.99. The molecule has 0 aliphatic carbocycles. The number of aryl methyl sites for hydroxylation is 1. The van der Waals surface area contributed by atoms with Crippen molar-refractivity contribution in [1.29, 1.82) is 0 Å². The van der Waals surface area contributed by atoms with Crippen LogP contribution in [0.15, 0.2) is 23.7 Å². The summed E-state index contributed by atoms with van der Waals surface area (Å²) < 4.78 is 3.25. The molecule has 1 fully saturated rings. The number of nitrogens with zero attached hydrogens (tertiary/aromatic N) is 4. The predicted molar refractivity (Wildman–Crippen MR) is 106 cm³/mol. The van der Waals surface area contributed by atoms with Crippen molar-refractivity contribution in [2.24, 2.45) is 5.92 Å². The van der Waals surface area contributed by atoms with E-state index in [-0.39, 0.29) is 6.04 Å². The van der Waals surface area contributed by atoms with Gasteiger partial charge >= 0.3 is 0 Å². The van der Waals surface area contributed by atoms with E-state index in [9.17, 15) is 0 Å². The summed E-state index contributed by atoms with van der Waals surface area (Å²) >= 11 is 8.52. The molecule has 132 valence electrons.